The third kappa shape index (κ3) is 3.69. The third-order valence-electron chi connectivity index (χ3n) is 4.00. The monoisotopic (exact) mass is 410 g/mol. The Bertz CT molecular complexity index is 1190. The van der Waals surface area contributed by atoms with Crippen molar-refractivity contribution in [2.75, 3.05) is 11.6 Å². The molecule has 0 fully saturated rings. The van der Waals surface area contributed by atoms with Crippen molar-refractivity contribution in [3.8, 4) is 11.4 Å². The van der Waals surface area contributed by atoms with E-state index >= 15 is 0 Å². The van der Waals surface area contributed by atoms with Crippen LogP contribution in [-0.2, 0) is 0 Å². The van der Waals surface area contributed by atoms with Gasteiger partial charge >= 0.3 is 0 Å². The zero-order chi connectivity index (χ0) is 19.7. The highest BCUT2D eigenvalue weighted by atomic mass is 35.5. The molecule has 3 heterocycles. The normalized spacial score (nSPS) is 11.0. The number of aromatic amines is 1. The van der Waals surface area contributed by atoms with Gasteiger partial charge in [-0.25, -0.2) is 19.9 Å². The number of carbonyl (C=O) groups is 1. The lowest BCUT2D eigenvalue weighted by molar-refractivity contribution is 0.102. The molecule has 4 rings (SSSR count). The molecule has 0 aliphatic heterocycles. The summed E-state index contributed by atoms with van der Waals surface area (Å²) in [6, 6.07) is 8.74. The number of thioether (sulfide) groups is 1. The van der Waals surface area contributed by atoms with Crippen LogP contribution in [0.1, 0.15) is 16.1 Å². The van der Waals surface area contributed by atoms with Crippen LogP contribution in [0, 0.1) is 6.92 Å². The lowest BCUT2D eigenvalue weighted by Crippen LogP contribution is -2.14. The van der Waals surface area contributed by atoms with Crippen LogP contribution in [0.25, 0.3) is 22.6 Å². The van der Waals surface area contributed by atoms with Gasteiger partial charge < -0.3 is 10.3 Å². The Morgan fingerprint density at radius 3 is 2.86 bits per heavy atom. The summed E-state index contributed by atoms with van der Waals surface area (Å²) in [4.78, 5) is 32.8. The molecule has 1 aromatic carbocycles. The summed E-state index contributed by atoms with van der Waals surface area (Å²) in [5.74, 6) is 0.258. The lowest BCUT2D eigenvalue weighted by Gasteiger charge is -2.08. The lowest BCUT2D eigenvalue weighted by atomic mass is 10.2. The van der Waals surface area contributed by atoms with Gasteiger partial charge in [0.05, 0.1) is 10.5 Å². The van der Waals surface area contributed by atoms with Crippen LogP contribution >= 0.6 is 23.4 Å². The second kappa shape index (κ2) is 7.57. The Balaban J connectivity index is 1.65. The van der Waals surface area contributed by atoms with E-state index in [4.69, 9.17) is 11.6 Å². The van der Waals surface area contributed by atoms with E-state index in [2.05, 4.69) is 30.2 Å². The minimum Gasteiger partial charge on any atom is -0.337 e. The number of amides is 1. The fourth-order valence-corrected chi connectivity index (χ4v) is 3.24. The number of anilines is 1. The second-order valence-electron chi connectivity index (χ2n) is 6.05. The van der Waals surface area contributed by atoms with Crippen molar-refractivity contribution in [3.63, 3.8) is 0 Å². The molecule has 0 saturated heterocycles. The first kappa shape index (κ1) is 18.4. The molecule has 0 radical (unpaired) electrons. The standard InChI is InChI=1S/C19H15ClN6OS/c1-10-7-15-17(22-9-10)26-16(24-15)12-8-11(3-4-13(12)20)23-18(27)14-5-6-21-19(25-14)28-2/h3-9H,1-2H3,(H,23,27)(H,22,24,26). The predicted octanol–water partition coefficient (Wildman–Crippen LogP) is 4.35. The molecule has 0 aliphatic carbocycles. The molecular weight excluding hydrogens is 396 g/mol. The number of H-pyrrole nitrogens is 1. The van der Waals surface area contributed by atoms with E-state index in [-0.39, 0.29) is 5.91 Å². The van der Waals surface area contributed by atoms with Gasteiger partial charge in [-0.15, -0.1) is 0 Å². The maximum absolute atomic E-state index is 12.5. The SMILES string of the molecule is CSc1nccc(C(=O)Nc2ccc(Cl)c(-c3nc4ncc(C)cc4[nH]3)c2)n1. The average molecular weight is 411 g/mol. The number of rotatable bonds is 4. The zero-order valence-corrected chi connectivity index (χ0v) is 16.6. The quantitative estimate of drug-likeness (QED) is 0.383. The first-order valence-corrected chi connectivity index (χ1v) is 9.94. The molecule has 0 spiro atoms. The third-order valence-corrected chi connectivity index (χ3v) is 4.89. The van der Waals surface area contributed by atoms with E-state index < -0.39 is 0 Å². The maximum Gasteiger partial charge on any atom is 0.274 e. The van der Waals surface area contributed by atoms with Gasteiger partial charge in [0.2, 0.25) is 0 Å². The van der Waals surface area contributed by atoms with Gasteiger partial charge in [-0.3, -0.25) is 4.79 Å². The zero-order valence-electron chi connectivity index (χ0n) is 15.0. The number of hydrogen-bond acceptors (Lipinski definition) is 6. The molecule has 4 aromatic rings. The van der Waals surface area contributed by atoms with E-state index in [9.17, 15) is 4.79 Å². The average Bonchev–Trinajstić information content (AvgIpc) is 3.12. The predicted molar refractivity (Wildman–Crippen MR) is 111 cm³/mol. The molecule has 0 atom stereocenters. The Hall–Kier alpha value is -2.97. The molecule has 140 valence electrons. The van der Waals surface area contributed by atoms with E-state index in [0.717, 1.165) is 11.1 Å². The highest BCUT2D eigenvalue weighted by Crippen LogP contribution is 2.30. The molecule has 7 nitrogen and oxygen atoms in total. The number of pyridine rings is 1. The van der Waals surface area contributed by atoms with Gasteiger partial charge in [-0.2, -0.15) is 0 Å². The summed E-state index contributed by atoms with van der Waals surface area (Å²) in [6.07, 6.45) is 5.17. The summed E-state index contributed by atoms with van der Waals surface area (Å²) >= 11 is 7.74. The first-order chi connectivity index (χ1) is 13.5. The molecule has 1 amide bonds. The van der Waals surface area contributed by atoms with E-state index in [0.29, 0.717) is 38.6 Å². The van der Waals surface area contributed by atoms with Gasteiger partial charge in [0.1, 0.15) is 11.5 Å². The summed E-state index contributed by atoms with van der Waals surface area (Å²) in [5.41, 5.74) is 4.01. The molecule has 9 heteroatoms. The van der Waals surface area contributed by atoms with Crippen LogP contribution < -0.4 is 5.32 Å². The molecule has 28 heavy (non-hydrogen) atoms. The maximum atomic E-state index is 12.5. The van der Waals surface area contributed by atoms with E-state index in [1.807, 2.05) is 19.2 Å². The van der Waals surface area contributed by atoms with Crippen molar-refractivity contribution < 1.29 is 4.79 Å². The van der Waals surface area contributed by atoms with Gasteiger partial charge in [-0.05, 0) is 49.1 Å². The fourth-order valence-electron chi connectivity index (χ4n) is 2.68. The minimum absolute atomic E-state index is 0.291. The Morgan fingerprint density at radius 2 is 2.04 bits per heavy atom. The van der Waals surface area contributed by atoms with Crippen molar-refractivity contribution >= 4 is 46.1 Å². The van der Waals surface area contributed by atoms with Crippen LogP contribution in [-0.4, -0.2) is 37.1 Å². The Labute approximate surface area is 170 Å². The van der Waals surface area contributed by atoms with Crippen LogP contribution in [0.2, 0.25) is 5.02 Å². The number of fused-ring (bicyclic) bond motifs is 1. The smallest absolute Gasteiger partial charge is 0.274 e. The van der Waals surface area contributed by atoms with Gasteiger partial charge in [-0.1, -0.05) is 23.4 Å². The largest absolute Gasteiger partial charge is 0.337 e. The summed E-state index contributed by atoms with van der Waals surface area (Å²) in [6.45, 7) is 1.96. The summed E-state index contributed by atoms with van der Waals surface area (Å²) in [7, 11) is 0. The number of imidazole rings is 1. The number of nitrogens with zero attached hydrogens (tertiary/aromatic N) is 4. The van der Waals surface area contributed by atoms with Gasteiger partial charge in [0.25, 0.3) is 5.91 Å². The van der Waals surface area contributed by atoms with Crippen molar-refractivity contribution in [2.45, 2.75) is 12.1 Å². The van der Waals surface area contributed by atoms with Crippen LogP contribution in [0.4, 0.5) is 5.69 Å². The molecule has 0 unspecified atom stereocenters. The van der Waals surface area contributed by atoms with Crippen molar-refractivity contribution in [1.82, 2.24) is 24.9 Å². The van der Waals surface area contributed by atoms with Crippen LogP contribution in [0.3, 0.4) is 0 Å². The van der Waals surface area contributed by atoms with E-state index in [1.54, 1.807) is 36.7 Å². The number of aryl methyl sites for hydroxylation is 1. The van der Waals surface area contributed by atoms with Crippen LogP contribution in [0.5, 0.6) is 0 Å². The summed E-state index contributed by atoms with van der Waals surface area (Å²) in [5, 5.41) is 3.89. The van der Waals surface area contributed by atoms with E-state index in [1.165, 1.54) is 11.8 Å². The number of carbonyl (C=O) groups excluding carboxylic acids is 1. The molecule has 0 aliphatic rings. The molecule has 0 saturated carbocycles. The van der Waals surface area contributed by atoms with Gasteiger partial charge in [0.15, 0.2) is 10.8 Å². The highest BCUT2D eigenvalue weighted by molar-refractivity contribution is 7.98. The molecule has 2 N–H and O–H groups in total. The topological polar surface area (TPSA) is 96.5 Å². The Kier molecular flexibility index (Phi) is 4.97. The number of aromatic nitrogens is 5. The number of hydrogen-bond donors (Lipinski definition) is 2. The molecular formula is C19H15ClN6OS. The minimum atomic E-state index is -0.326. The fraction of sp³-hybridized carbons (Fsp3) is 0.105. The van der Waals surface area contributed by atoms with Crippen molar-refractivity contribution in [2.24, 2.45) is 0 Å². The van der Waals surface area contributed by atoms with Crippen molar-refractivity contribution in [3.05, 3.63) is 59.0 Å². The number of benzene rings is 1. The first-order valence-electron chi connectivity index (χ1n) is 8.34. The second-order valence-corrected chi connectivity index (χ2v) is 7.23. The number of halogens is 1. The number of nitrogens with one attached hydrogen (secondary N) is 2. The highest BCUT2D eigenvalue weighted by Gasteiger charge is 2.14. The summed E-state index contributed by atoms with van der Waals surface area (Å²) < 4.78 is 0. The Morgan fingerprint density at radius 1 is 1.18 bits per heavy atom. The molecule has 0 bridgehead atoms. The van der Waals surface area contributed by atoms with Gasteiger partial charge in [0, 0.05) is 23.6 Å². The van der Waals surface area contributed by atoms with Crippen LogP contribution in [0.15, 0.2) is 47.9 Å². The molecule has 3 aromatic heterocycles. The van der Waals surface area contributed by atoms with Crippen molar-refractivity contribution in [1.29, 1.82) is 0 Å².